The lowest BCUT2D eigenvalue weighted by molar-refractivity contribution is -0.132. The van der Waals surface area contributed by atoms with Gasteiger partial charge in [0.15, 0.2) is 0 Å². The van der Waals surface area contributed by atoms with E-state index < -0.39 is 0 Å². The molecule has 0 atom stereocenters. The number of piperidine rings is 1. The molecule has 0 spiro atoms. The highest BCUT2D eigenvalue weighted by molar-refractivity contribution is 7.98. The van der Waals surface area contributed by atoms with Crippen molar-refractivity contribution in [3.05, 3.63) is 12.7 Å². The van der Waals surface area contributed by atoms with E-state index in [0.29, 0.717) is 13.1 Å². The van der Waals surface area contributed by atoms with Crippen molar-refractivity contribution in [2.24, 2.45) is 5.92 Å². The highest BCUT2D eigenvalue weighted by atomic mass is 32.2. The summed E-state index contributed by atoms with van der Waals surface area (Å²) in [4.78, 5) is 25.4. The van der Waals surface area contributed by atoms with Crippen LogP contribution >= 0.6 is 11.8 Å². The van der Waals surface area contributed by atoms with Crippen LogP contribution in [0.1, 0.15) is 26.7 Å². The van der Waals surface area contributed by atoms with Gasteiger partial charge >= 0.3 is 0 Å². The molecule has 0 radical (unpaired) electrons. The lowest BCUT2D eigenvalue weighted by Gasteiger charge is -2.33. The third-order valence-corrected chi connectivity index (χ3v) is 4.33. The quantitative estimate of drug-likeness (QED) is 0.781. The second kappa shape index (κ2) is 6.98. The molecule has 0 aromatic carbocycles. The Balaban J connectivity index is 2.45. The molecule has 4 nitrogen and oxygen atoms in total. The molecule has 0 saturated carbocycles. The van der Waals surface area contributed by atoms with E-state index >= 15 is 0 Å². The van der Waals surface area contributed by atoms with E-state index in [-0.39, 0.29) is 23.3 Å². The summed E-state index contributed by atoms with van der Waals surface area (Å²) in [5.41, 5.74) is -0.176. The first-order valence-corrected chi connectivity index (χ1v) is 8.01. The Labute approximate surface area is 120 Å². The molecule has 2 amide bonds. The Kier molecular flexibility index (Phi) is 5.91. The smallest absolute Gasteiger partial charge is 0.245 e. The fourth-order valence-corrected chi connectivity index (χ4v) is 3.12. The molecule has 1 N–H and O–H groups in total. The Bertz CT molecular complexity index is 347. The van der Waals surface area contributed by atoms with Gasteiger partial charge in [0, 0.05) is 30.3 Å². The molecule has 1 fully saturated rings. The Morgan fingerprint density at radius 1 is 1.42 bits per heavy atom. The van der Waals surface area contributed by atoms with Crippen LogP contribution in [0.15, 0.2) is 12.7 Å². The topological polar surface area (TPSA) is 49.4 Å². The molecule has 19 heavy (non-hydrogen) atoms. The summed E-state index contributed by atoms with van der Waals surface area (Å²) in [7, 11) is 0. The Hall–Kier alpha value is -0.970. The lowest BCUT2D eigenvalue weighted by atomic mass is 9.94. The summed E-state index contributed by atoms with van der Waals surface area (Å²) in [6.45, 7) is 8.85. The summed E-state index contributed by atoms with van der Waals surface area (Å²) in [6.07, 6.45) is 4.84. The fourth-order valence-electron chi connectivity index (χ4n) is 2.32. The van der Waals surface area contributed by atoms with Crippen molar-refractivity contribution in [2.45, 2.75) is 32.2 Å². The van der Waals surface area contributed by atoms with Crippen LogP contribution in [0.5, 0.6) is 0 Å². The minimum absolute atomic E-state index is 0.0231. The number of carbonyl (C=O) groups excluding carboxylic acids is 2. The van der Waals surface area contributed by atoms with Crippen molar-refractivity contribution in [3.8, 4) is 0 Å². The predicted molar refractivity (Wildman–Crippen MR) is 80.1 cm³/mol. The maximum atomic E-state index is 12.2. The number of thioether (sulfide) groups is 1. The predicted octanol–water partition coefficient (Wildman–Crippen LogP) is 1.67. The number of amides is 2. The van der Waals surface area contributed by atoms with Gasteiger partial charge in [-0.2, -0.15) is 11.8 Å². The zero-order valence-electron chi connectivity index (χ0n) is 12.1. The van der Waals surface area contributed by atoms with Crippen molar-refractivity contribution < 1.29 is 9.59 Å². The van der Waals surface area contributed by atoms with Gasteiger partial charge in [0.2, 0.25) is 11.8 Å². The maximum absolute atomic E-state index is 12.2. The van der Waals surface area contributed by atoms with Crippen LogP contribution < -0.4 is 5.32 Å². The van der Waals surface area contributed by atoms with E-state index in [0.717, 1.165) is 18.6 Å². The number of hydrogen-bond donors (Lipinski definition) is 1. The van der Waals surface area contributed by atoms with Gasteiger partial charge in [-0.05, 0) is 39.0 Å². The second-order valence-electron chi connectivity index (χ2n) is 5.61. The molecule has 108 valence electrons. The minimum Gasteiger partial charge on any atom is -0.350 e. The van der Waals surface area contributed by atoms with Crippen molar-refractivity contribution >= 4 is 23.6 Å². The molecule has 1 rings (SSSR count). The second-order valence-corrected chi connectivity index (χ2v) is 6.48. The van der Waals surface area contributed by atoms with Gasteiger partial charge in [-0.15, -0.1) is 0 Å². The molecule has 1 heterocycles. The lowest BCUT2D eigenvalue weighted by Crippen LogP contribution is -2.50. The average molecular weight is 284 g/mol. The number of nitrogens with zero attached hydrogens (tertiary/aromatic N) is 1. The van der Waals surface area contributed by atoms with E-state index in [1.54, 1.807) is 16.7 Å². The molecule has 0 bridgehead atoms. The highest BCUT2D eigenvalue weighted by Crippen LogP contribution is 2.19. The maximum Gasteiger partial charge on any atom is 0.245 e. The fraction of sp³-hybridized carbons (Fsp3) is 0.714. The molecular formula is C14H24N2O2S. The van der Waals surface area contributed by atoms with Gasteiger partial charge in [0.25, 0.3) is 0 Å². The Morgan fingerprint density at radius 2 is 2.00 bits per heavy atom. The highest BCUT2D eigenvalue weighted by Gasteiger charge is 2.29. The third-order valence-electron chi connectivity index (χ3n) is 3.32. The molecule has 0 aromatic rings. The summed E-state index contributed by atoms with van der Waals surface area (Å²) in [5.74, 6) is 0.994. The standard InChI is InChI=1S/C14H24N2O2S/c1-5-12(17)16-8-6-11(7-9-16)13(18)15-14(2,3)10-19-4/h5,11H,1,6-10H2,2-4H3,(H,15,18). The summed E-state index contributed by atoms with van der Waals surface area (Å²) < 4.78 is 0. The summed E-state index contributed by atoms with van der Waals surface area (Å²) >= 11 is 1.73. The van der Waals surface area contributed by atoms with Crippen LogP contribution in [-0.4, -0.2) is 47.4 Å². The molecule has 1 aliphatic heterocycles. The first-order valence-electron chi connectivity index (χ1n) is 6.62. The van der Waals surface area contributed by atoms with Crippen molar-refractivity contribution in [1.82, 2.24) is 10.2 Å². The first kappa shape index (κ1) is 16.1. The molecule has 1 aliphatic rings. The van der Waals surface area contributed by atoms with Crippen LogP contribution in [0.2, 0.25) is 0 Å². The van der Waals surface area contributed by atoms with E-state index in [2.05, 4.69) is 11.9 Å². The number of likely N-dealkylation sites (tertiary alicyclic amines) is 1. The van der Waals surface area contributed by atoms with Crippen molar-refractivity contribution in [2.75, 3.05) is 25.1 Å². The number of rotatable bonds is 5. The van der Waals surface area contributed by atoms with Crippen LogP contribution in [0, 0.1) is 5.92 Å². The van der Waals surface area contributed by atoms with Gasteiger partial charge < -0.3 is 10.2 Å². The summed E-state index contributed by atoms with van der Waals surface area (Å²) in [5, 5.41) is 3.10. The zero-order chi connectivity index (χ0) is 14.5. The largest absolute Gasteiger partial charge is 0.350 e. The average Bonchev–Trinajstić information content (AvgIpc) is 2.37. The minimum atomic E-state index is -0.176. The van der Waals surface area contributed by atoms with E-state index in [4.69, 9.17) is 0 Å². The molecule has 0 aromatic heterocycles. The van der Waals surface area contributed by atoms with Gasteiger partial charge in [0.05, 0.1) is 0 Å². The molecule has 0 unspecified atom stereocenters. The number of hydrogen-bond acceptors (Lipinski definition) is 3. The van der Waals surface area contributed by atoms with Crippen LogP contribution in [-0.2, 0) is 9.59 Å². The molecule has 1 saturated heterocycles. The van der Waals surface area contributed by atoms with Gasteiger partial charge in [-0.3, -0.25) is 9.59 Å². The first-order chi connectivity index (χ1) is 8.89. The number of nitrogens with one attached hydrogen (secondary N) is 1. The molecule has 0 aliphatic carbocycles. The van der Waals surface area contributed by atoms with Crippen molar-refractivity contribution in [1.29, 1.82) is 0 Å². The number of carbonyl (C=O) groups is 2. The van der Waals surface area contributed by atoms with E-state index in [9.17, 15) is 9.59 Å². The SMILES string of the molecule is C=CC(=O)N1CCC(C(=O)NC(C)(C)CSC)CC1. The zero-order valence-corrected chi connectivity index (χ0v) is 12.9. The summed E-state index contributed by atoms with van der Waals surface area (Å²) in [6, 6.07) is 0. The normalized spacial score (nSPS) is 17.1. The van der Waals surface area contributed by atoms with Gasteiger partial charge in [-0.1, -0.05) is 6.58 Å². The van der Waals surface area contributed by atoms with E-state index in [1.165, 1.54) is 6.08 Å². The molecular weight excluding hydrogens is 260 g/mol. The molecule has 5 heteroatoms. The Morgan fingerprint density at radius 3 is 2.47 bits per heavy atom. The van der Waals surface area contributed by atoms with Gasteiger partial charge in [-0.25, -0.2) is 0 Å². The third kappa shape index (κ3) is 4.90. The van der Waals surface area contributed by atoms with Crippen LogP contribution in [0.3, 0.4) is 0 Å². The van der Waals surface area contributed by atoms with Gasteiger partial charge in [0.1, 0.15) is 0 Å². The van der Waals surface area contributed by atoms with E-state index in [1.807, 2.05) is 20.1 Å². The van der Waals surface area contributed by atoms with Crippen LogP contribution in [0.4, 0.5) is 0 Å². The van der Waals surface area contributed by atoms with Crippen LogP contribution in [0.25, 0.3) is 0 Å². The monoisotopic (exact) mass is 284 g/mol. The van der Waals surface area contributed by atoms with Crippen molar-refractivity contribution in [3.63, 3.8) is 0 Å².